The van der Waals surface area contributed by atoms with E-state index in [0.29, 0.717) is 12.2 Å². The number of hydrogen-bond acceptors (Lipinski definition) is 1. The molecule has 0 aromatic carbocycles. The fraction of sp³-hybridized carbons (Fsp3) is 0.857. The molecule has 0 aromatic rings. The second-order valence-electron chi connectivity index (χ2n) is 2.57. The van der Waals surface area contributed by atoms with Crippen molar-refractivity contribution in [1.82, 2.24) is 0 Å². The van der Waals surface area contributed by atoms with Gasteiger partial charge in [-0.15, -0.1) is 0 Å². The van der Waals surface area contributed by atoms with Crippen molar-refractivity contribution < 1.29 is 4.79 Å². The summed E-state index contributed by atoms with van der Waals surface area (Å²) in [6.45, 7) is 3.60. The largest absolute Gasteiger partial charge is 0.300 e. The topological polar surface area (TPSA) is 17.1 Å². The van der Waals surface area contributed by atoms with Crippen LogP contribution in [0.3, 0.4) is 0 Å². The van der Waals surface area contributed by atoms with Crippen LogP contribution in [0.2, 0.25) is 5.82 Å². The molecule has 0 rings (SSSR count). The van der Waals surface area contributed by atoms with Crippen LogP contribution in [0.4, 0.5) is 0 Å². The minimum atomic E-state index is 0.247. The molecule has 0 aliphatic carbocycles. The molecule has 0 amide bonds. The summed E-state index contributed by atoms with van der Waals surface area (Å²) in [5.74, 6) is 0.580. The number of Topliss-reactive ketones (excluding diaryl/α,β-unsaturated/α-hetero) is 1. The summed E-state index contributed by atoms with van der Waals surface area (Å²) < 4.78 is 6.88. The Kier molecular flexibility index (Phi) is 3.50. The van der Waals surface area contributed by atoms with Crippen molar-refractivity contribution in [3.63, 3.8) is 0 Å². The van der Waals surface area contributed by atoms with Crippen molar-refractivity contribution in [2.45, 2.75) is 38.9 Å². The number of hydrogen-bond donors (Lipinski definition) is 0. The Hall–Kier alpha value is -0.265. The molecule has 1 unspecified atom stereocenters. The van der Waals surface area contributed by atoms with E-state index in [-0.39, 0.29) is 5.78 Å². The van der Waals surface area contributed by atoms with Crippen molar-refractivity contribution in [3.8, 4) is 0 Å². The molecule has 0 aromatic heterocycles. The van der Waals surface area contributed by atoms with Crippen molar-refractivity contribution >= 4 is 13.6 Å². The van der Waals surface area contributed by atoms with Gasteiger partial charge < -0.3 is 4.79 Å². The van der Waals surface area contributed by atoms with Crippen LogP contribution in [0, 0.1) is 0 Å². The van der Waals surface area contributed by atoms with Gasteiger partial charge in [-0.2, -0.15) is 0 Å². The third-order valence-corrected chi connectivity index (χ3v) is 1.19. The molecule has 51 valence electrons. The highest BCUT2D eigenvalue weighted by molar-refractivity contribution is 6.11. The second-order valence-corrected chi connectivity index (χ2v) is 2.57. The normalized spacial score (nSPS) is 14.2. The third-order valence-electron chi connectivity index (χ3n) is 1.19. The zero-order chi connectivity index (χ0) is 7.98. The lowest BCUT2D eigenvalue weighted by Crippen LogP contribution is -1.91. The summed E-state index contributed by atoms with van der Waals surface area (Å²) in [5, 5.41) is 0. The van der Waals surface area contributed by atoms with Crippen LogP contribution in [0.15, 0.2) is 0 Å². The molecular formula is C7H14BO. The molecule has 0 bridgehead atoms. The molecule has 1 radical (unpaired) electrons. The summed E-state index contributed by atoms with van der Waals surface area (Å²) in [5.41, 5.74) is 0. The van der Waals surface area contributed by atoms with Gasteiger partial charge in [0.1, 0.15) is 5.78 Å². The van der Waals surface area contributed by atoms with Gasteiger partial charge in [-0.25, -0.2) is 0 Å². The van der Waals surface area contributed by atoms with Gasteiger partial charge >= 0.3 is 0 Å². The Morgan fingerprint density at radius 1 is 1.89 bits per heavy atom. The zero-order valence-corrected chi connectivity index (χ0v) is 6.18. The molecule has 0 heterocycles. The molecular weight excluding hydrogens is 111 g/mol. The average Bonchev–Trinajstić information content (AvgIpc) is 1.87. The highest BCUT2D eigenvalue weighted by Crippen LogP contribution is 2.08. The predicted molar refractivity (Wildman–Crippen MR) is 41.1 cm³/mol. The van der Waals surface area contributed by atoms with Crippen molar-refractivity contribution in [3.05, 3.63) is 0 Å². The lowest BCUT2D eigenvalue weighted by atomic mass is 9.85. The van der Waals surface area contributed by atoms with Gasteiger partial charge in [0.2, 0.25) is 0 Å². The zero-order valence-electron chi connectivity index (χ0n) is 7.18. The Morgan fingerprint density at radius 3 is 3.00 bits per heavy atom. The first-order valence-electron chi connectivity index (χ1n) is 3.95. The van der Waals surface area contributed by atoms with E-state index in [4.69, 9.17) is 1.34 Å². The molecule has 0 fully saturated rings. The maximum Gasteiger partial charge on any atom is 0.129 e. The molecule has 0 aliphatic rings. The third kappa shape index (κ3) is 7.73. The van der Waals surface area contributed by atoms with Crippen LogP contribution in [-0.4, -0.2) is 14.9 Å². The summed E-state index contributed by atoms with van der Waals surface area (Å²) in [4.78, 5) is 10.5. The fourth-order valence-corrected chi connectivity index (χ4v) is 0.673. The fourth-order valence-electron chi connectivity index (χ4n) is 0.673. The highest BCUT2D eigenvalue weighted by atomic mass is 16.1. The summed E-state index contributed by atoms with van der Waals surface area (Å²) in [6, 6.07) is 0. The van der Waals surface area contributed by atoms with Crippen LogP contribution in [0.5, 0.6) is 0 Å². The average molecular weight is 126 g/mol. The van der Waals surface area contributed by atoms with E-state index < -0.39 is 0 Å². The first-order valence-corrected chi connectivity index (χ1v) is 3.38. The summed E-state index contributed by atoms with van der Waals surface area (Å²) in [6.07, 6.45) is 2.55. The van der Waals surface area contributed by atoms with Crippen molar-refractivity contribution in [2.24, 2.45) is 0 Å². The van der Waals surface area contributed by atoms with Crippen LogP contribution in [-0.2, 0) is 4.79 Å². The first-order chi connectivity index (χ1) is 4.66. The monoisotopic (exact) mass is 126 g/mol. The molecule has 2 heteroatoms. The minimum Gasteiger partial charge on any atom is -0.300 e. The minimum absolute atomic E-state index is 0.247. The van der Waals surface area contributed by atoms with Crippen LogP contribution in [0.1, 0.15) is 33.1 Å². The standard InChI is InChI=1S/C7H14BO/c1-6(8)4-3-5-7(2)9/h6,8H,3-5H2,1-2H3/i8D. The second kappa shape index (κ2) is 4.60. The van der Waals surface area contributed by atoms with Crippen molar-refractivity contribution in [1.29, 1.82) is 1.34 Å². The Balaban J connectivity index is 3.11. The molecule has 0 spiro atoms. The predicted octanol–water partition coefficient (Wildman–Crippen LogP) is 1.45. The number of carbonyl (C=O) groups excluding carboxylic acids is 1. The number of rotatable bonds is 5. The van der Waals surface area contributed by atoms with Crippen molar-refractivity contribution in [2.75, 3.05) is 0 Å². The quantitative estimate of drug-likeness (QED) is 0.509. The van der Waals surface area contributed by atoms with Gasteiger partial charge in [0.05, 0.1) is 7.81 Å². The van der Waals surface area contributed by atoms with Crippen LogP contribution < -0.4 is 0 Å². The summed E-state index contributed by atoms with van der Waals surface area (Å²) in [7, 11) is 1.43. The SMILES string of the molecule is [2H][B]C(C)CCCC(C)=O. The number of ketones is 1. The van der Waals surface area contributed by atoms with E-state index in [0.717, 1.165) is 12.8 Å². The first kappa shape index (κ1) is 6.85. The lowest BCUT2D eigenvalue weighted by molar-refractivity contribution is -0.117. The van der Waals surface area contributed by atoms with Gasteiger partial charge in [-0.1, -0.05) is 19.2 Å². The van der Waals surface area contributed by atoms with E-state index in [1.807, 2.05) is 6.92 Å². The van der Waals surface area contributed by atoms with Crippen LogP contribution >= 0.6 is 0 Å². The summed E-state index contributed by atoms with van der Waals surface area (Å²) >= 11 is 0. The van der Waals surface area contributed by atoms with E-state index in [2.05, 4.69) is 0 Å². The molecule has 1 atom stereocenters. The molecule has 0 saturated carbocycles. The van der Waals surface area contributed by atoms with E-state index in [9.17, 15) is 4.79 Å². The Labute approximate surface area is 59.6 Å². The maximum atomic E-state index is 10.5. The highest BCUT2D eigenvalue weighted by Gasteiger charge is 1.95. The van der Waals surface area contributed by atoms with E-state index in [1.54, 1.807) is 6.92 Å². The molecule has 0 saturated heterocycles. The lowest BCUT2D eigenvalue weighted by Gasteiger charge is -2.00. The molecule has 1 nitrogen and oxygen atoms in total. The van der Waals surface area contributed by atoms with Crippen LogP contribution in [0.25, 0.3) is 0 Å². The van der Waals surface area contributed by atoms with Gasteiger partial charge in [0.25, 0.3) is 0 Å². The Morgan fingerprint density at radius 2 is 2.56 bits per heavy atom. The Bertz CT molecular complexity index is 106. The van der Waals surface area contributed by atoms with Gasteiger partial charge in [0.15, 0.2) is 0 Å². The molecule has 9 heavy (non-hydrogen) atoms. The van der Waals surface area contributed by atoms with Gasteiger partial charge in [0, 0.05) is 6.42 Å². The maximum absolute atomic E-state index is 10.5. The molecule has 0 N–H and O–H groups in total. The van der Waals surface area contributed by atoms with E-state index in [1.165, 1.54) is 7.81 Å². The van der Waals surface area contributed by atoms with Gasteiger partial charge in [-0.05, 0) is 14.7 Å². The van der Waals surface area contributed by atoms with Gasteiger partial charge in [-0.3, -0.25) is 0 Å². The smallest absolute Gasteiger partial charge is 0.129 e. The molecule has 0 aliphatic heterocycles. The van der Waals surface area contributed by atoms with E-state index >= 15 is 0 Å². The number of carbonyl (C=O) groups is 1.